The summed E-state index contributed by atoms with van der Waals surface area (Å²) in [5.41, 5.74) is 1.22. The van der Waals surface area contributed by atoms with Gasteiger partial charge in [0.1, 0.15) is 0 Å². The van der Waals surface area contributed by atoms with Crippen molar-refractivity contribution in [3.05, 3.63) is 48.0 Å². The first kappa shape index (κ1) is 18.7. The maximum atomic E-state index is 12.5. The molecule has 6 nitrogen and oxygen atoms in total. The highest BCUT2D eigenvalue weighted by molar-refractivity contribution is 5.76. The summed E-state index contributed by atoms with van der Waals surface area (Å²) in [6.45, 7) is 5.30. The minimum Gasteiger partial charge on any atom is -0.355 e. The highest BCUT2D eigenvalue weighted by Crippen LogP contribution is 2.20. The molecule has 3 heterocycles. The van der Waals surface area contributed by atoms with Crippen LogP contribution in [0, 0.1) is 0 Å². The van der Waals surface area contributed by atoms with E-state index in [0.29, 0.717) is 6.42 Å². The highest BCUT2D eigenvalue weighted by Gasteiger charge is 2.22. The van der Waals surface area contributed by atoms with Crippen LogP contribution in [-0.4, -0.2) is 60.3 Å². The molecule has 0 N–H and O–H groups in total. The second-order valence-corrected chi connectivity index (χ2v) is 7.65. The molecule has 4 rings (SSSR count). The second-order valence-electron chi connectivity index (χ2n) is 7.65. The van der Waals surface area contributed by atoms with Crippen molar-refractivity contribution < 1.29 is 4.79 Å². The molecule has 0 saturated carbocycles. The van der Waals surface area contributed by atoms with Gasteiger partial charge >= 0.3 is 0 Å². The van der Waals surface area contributed by atoms with Gasteiger partial charge < -0.3 is 14.7 Å². The molecular formula is C22H29N5O. The Kier molecular flexibility index (Phi) is 6.04. The number of piperidine rings is 1. The minimum absolute atomic E-state index is 0.245. The lowest BCUT2D eigenvalue weighted by Gasteiger charge is -2.35. The first-order valence-corrected chi connectivity index (χ1v) is 10.4. The quantitative estimate of drug-likeness (QED) is 0.800. The third kappa shape index (κ3) is 4.61. The van der Waals surface area contributed by atoms with Gasteiger partial charge in [-0.15, -0.1) is 10.2 Å². The molecule has 2 aliphatic rings. The molecule has 2 saturated heterocycles. The monoisotopic (exact) mass is 379 g/mol. The van der Waals surface area contributed by atoms with Crippen molar-refractivity contribution in [3.63, 3.8) is 0 Å². The molecule has 0 aliphatic carbocycles. The Bertz CT molecular complexity index is 750. The van der Waals surface area contributed by atoms with Crippen molar-refractivity contribution >= 4 is 17.5 Å². The van der Waals surface area contributed by atoms with Crippen molar-refractivity contribution in [2.45, 2.75) is 32.1 Å². The van der Waals surface area contributed by atoms with Crippen molar-refractivity contribution in [1.82, 2.24) is 15.1 Å². The van der Waals surface area contributed by atoms with Crippen molar-refractivity contribution in [3.8, 4) is 0 Å². The summed E-state index contributed by atoms with van der Waals surface area (Å²) < 4.78 is 0. The summed E-state index contributed by atoms with van der Waals surface area (Å²) in [5, 5.41) is 8.90. The van der Waals surface area contributed by atoms with Crippen LogP contribution < -0.4 is 9.80 Å². The van der Waals surface area contributed by atoms with Gasteiger partial charge in [0.15, 0.2) is 11.6 Å². The molecule has 28 heavy (non-hydrogen) atoms. The van der Waals surface area contributed by atoms with Crippen molar-refractivity contribution in [2.24, 2.45) is 0 Å². The molecule has 1 aromatic carbocycles. The Balaban J connectivity index is 1.26. The van der Waals surface area contributed by atoms with Crippen LogP contribution in [0.5, 0.6) is 0 Å². The van der Waals surface area contributed by atoms with Crippen LogP contribution in [0.25, 0.3) is 0 Å². The molecule has 0 bridgehead atoms. The number of amides is 1. The van der Waals surface area contributed by atoms with Crippen LogP contribution >= 0.6 is 0 Å². The zero-order valence-corrected chi connectivity index (χ0v) is 16.5. The van der Waals surface area contributed by atoms with E-state index in [4.69, 9.17) is 0 Å². The van der Waals surface area contributed by atoms with E-state index < -0.39 is 0 Å². The predicted molar refractivity (Wildman–Crippen MR) is 112 cm³/mol. The Morgan fingerprint density at radius 3 is 1.96 bits per heavy atom. The number of carbonyl (C=O) groups is 1. The Hall–Kier alpha value is -2.63. The molecule has 0 unspecified atom stereocenters. The van der Waals surface area contributed by atoms with Crippen LogP contribution in [0.15, 0.2) is 42.5 Å². The molecule has 6 heteroatoms. The van der Waals surface area contributed by atoms with E-state index in [1.807, 2.05) is 23.1 Å². The molecule has 2 aliphatic heterocycles. The average Bonchev–Trinajstić information content (AvgIpc) is 2.79. The maximum absolute atomic E-state index is 12.5. The lowest BCUT2D eigenvalue weighted by atomic mass is 10.1. The first-order valence-electron chi connectivity index (χ1n) is 10.4. The van der Waals surface area contributed by atoms with E-state index in [0.717, 1.165) is 57.3 Å². The molecule has 0 atom stereocenters. The van der Waals surface area contributed by atoms with E-state index in [1.165, 1.54) is 24.8 Å². The fourth-order valence-electron chi connectivity index (χ4n) is 4.02. The zero-order chi connectivity index (χ0) is 19.2. The van der Waals surface area contributed by atoms with Gasteiger partial charge in [-0.25, -0.2) is 0 Å². The van der Waals surface area contributed by atoms with Gasteiger partial charge in [0, 0.05) is 45.7 Å². The normalized spacial score (nSPS) is 17.6. The number of benzene rings is 1. The lowest BCUT2D eigenvalue weighted by Crippen LogP contribution is -2.49. The van der Waals surface area contributed by atoms with E-state index in [2.05, 4.69) is 44.3 Å². The number of hydrogen-bond acceptors (Lipinski definition) is 5. The van der Waals surface area contributed by atoms with Crippen LogP contribution in [0.4, 0.5) is 11.6 Å². The van der Waals surface area contributed by atoms with E-state index in [1.54, 1.807) is 0 Å². The molecule has 0 spiro atoms. The predicted octanol–water partition coefficient (Wildman–Crippen LogP) is 2.75. The number of anilines is 2. The summed E-state index contributed by atoms with van der Waals surface area (Å²) in [6.07, 6.45) is 5.18. The van der Waals surface area contributed by atoms with Gasteiger partial charge in [-0.1, -0.05) is 30.3 Å². The number of aryl methyl sites for hydroxylation is 1. The second kappa shape index (κ2) is 9.04. The van der Waals surface area contributed by atoms with Gasteiger partial charge in [0.05, 0.1) is 0 Å². The third-order valence-corrected chi connectivity index (χ3v) is 5.74. The van der Waals surface area contributed by atoms with E-state index in [-0.39, 0.29) is 5.91 Å². The number of hydrogen-bond donors (Lipinski definition) is 0. The summed E-state index contributed by atoms with van der Waals surface area (Å²) in [6, 6.07) is 14.4. The number of carbonyl (C=O) groups excluding carboxylic acids is 1. The smallest absolute Gasteiger partial charge is 0.223 e. The van der Waals surface area contributed by atoms with Gasteiger partial charge in [-0.05, 0) is 43.4 Å². The van der Waals surface area contributed by atoms with Crippen molar-refractivity contribution in [1.29, 1.82) is 0 Å². The minimum atomic E-state index is 0.245. The zero-order valence-electron chi connectivity index (χ0n) is 16.5. The molecule has 1 aromatic heterocycles. The Morgan fingerprint density at radius 1 is 0.750 bits per heavy atom. The van der Waals surface area contributed by atoms with Gasteiger partial charge in [-0.3, -0.25) is 4.79 Å². The van der Waals surface area contributed by atoms with Crippen LogP contribution in [0.1, 0.15) is 31.2 Å². The Morgan fingerprint density at radius 2 is 1.36 bits per heavy atom. The highest BCUT2D eigenvalue weighted by atomic mass is 16.2. The van der Waals surface area contributed by atoms with Crippen molar-refractivity contribution in [2.75, 3.05) is 49.1 Å². The van der Waals surface area contributed by atoms with Crippen LogP contribution in [0.2, 0.25) is 0 Å². The largest absolute Gasteiger partial charge is 0.355 e. The molecule has 2 aromatic rings. The van der Waals surface area contributed by atoms with Crippen LogP contribution in [0.3, 0.4) is 0 Å². The fraction of sp³-hybridized carbons (Fsp3) is 0.500. The first-order chi connectivity index (χ1) is 13.8. The standard InChI is InChI=1S/C22H29N5O/c28-22(12-9-19-7-3-1-4-8-19)27-17-15-26(16-18-27)21-11-10-20(23-24-21)25-13-5-2-6-14-25/h1,3-4,7-8,10-11H,2,5-6,9,12-18H2. The van der Waals surface area contributed by atoms with E-state index in [9.17, 15) is 4.79 Å². The Labute approximate surface area is 167 Å². The van der Waals surface area contributed by atoms with Crippen LogP contribution in [-0.2, 0) is 11.2 Å². The summed E-state index contributed by atoms with van der Waals surface area (Å²) in [4.78, 5) is 19.0. The molecular weight excluding hydrogens is 350 g/mol. The average molecular weight is 380 g/mol. The maximum Gasteiger partial charge on any atom is 0.223 e. The number of piperazine rings is 1. The summed E-state index contributed by atoms with van der Waals surface area (Å²) in [7, 11) is 0. The van der Waals surface area contributed by atoms with Gasteiger partial charge in [0.25, 0.3) is 0 Å². The molecule has 2 fully saturated rings. The molecule has 0 radical (unpaired) electrons. The van der Waals surface area contributed by atoms with Gasteiger partial charge in [-0.2, -0.15) is 0 Å². The van der Waals surface area contributed by atoms with Gasteiger partial charge in [0.2, 0.25) is 5.91 Å². The topological polar surface area (TPSA) is 52.6 Å². The number of aromatic nitrogens is 2. The number of nitrogens with zero attached hydrogens (tertiary/aromatic N) is 5. The SMILES string of the molecule is O=C(CCc1ccccc1)N1CCN(c2ccc(N3CCCCC3)nn2)CC1. The lowest BCUT2D eigenvalue weighted by molar-refractivity contribution is -0.131. The molecule has 148 valence electrons. The molecule has 1 amide bonds. The van der Waals surface area contributed by atoms with E-state index >= 15 is 0 Å². The summed E-state index contributed by atoms with van der Waals surface area (Å²) >= 11 is 0. The summed E-state index contributed by atoms with van der Waals surface area (Å²) in [5.74, 6) is 2.14. The fourth-order valence-corrected chi connectivity index (χ4v) is 4.02. The number of rotatable bonds is 5. The third-order valence-electron chi connectivity index (χ3n) is 5.74.